The van der Waals surface area contributed by atoms with Crippen LogP contribution in [0.2, 0.25) is 0 Å². The van der Waals surface area contributed by atoms with Gasteiger partial charge < -0.3 is 10.4 Å². The van der Waals surface area contributed by atoms with E-state index in [9.17, 15) is 9.90 Å². The second kappa shape index (κ2) is 9.63. The highest BCUT2D eigenvalue weighted by atomic mass is 16.3. The van der Waals surface area contributed by atoms with Crippen LogP contribution in [0.5, 0.6) is 5.75 Å². The van der Waals surface area contributed by atoms with E-state index in [0.29, 0.717) is 6.54 Å². The lowest BCUT2D eigenvalue weighted by Crippen LogP contribution is -2.46. The molecular formula is C29H25N3O2. The monoisotopic (exact) mass is 447 g/mol. The molecule has 34 heavy (non-hydrogen) atoms. The molecule has 5 rings (SSSR count). The van der Waals surface area contributed by atoms with E-state index < -0.39 is 6.04 Å². The van der Waals surface area contributed by atoms with Gasteiger partial charge in [0.1, 0.15) is 11.8 Å². The fourth-order valence-electron chi connectivity index (χ4n) is 4.35. The average molecular weight is 448 g/mol. The number of phenolic OH excluding ortho intramolecular Hbond substituents is 1. The van der Waals surface area contributed by atoms with E-state index in [2.05, 4.69) is 17.4 Å². The van der Waals surface area contributed by atoms with E-state index >= 15 is 0 Å². The van der Waals surface area contributed by atoms with Crippen LogP contribution in [0.4, 0.5) is 5.69 Å². The molecule has 0 fully saturated rings. The van der Waals surface area contributed by atoms with E-state index in [1.165, 1.54) is 0 Å². The molecule has 2 N–H and O–H groups in total. The molecule has 0 unspecified atom stereocenters. The maximum absolute atomic E-state index is 13.8. The second-order valence-electron chi connectivity index (χ2n) is 8.25. The summed E-state index contributed by atoms with van der Waals surface area (Å²) in [5.74, 6) is -0.157. The molecule has 4 aromatic rings. The number of hydrogen-bond acceptors (Lipinski definition) is 4. The van der Waals surface area contributed by atoms with Gasteiger partial charge in [-0.15, -0.1) is 0 Å². The van der Waals surface area contributed by atoms with Gasteiger partial charge in [-0.25, -0.2) is 0 Å². The molecule has 0 radical (unpaired) electrons. The van der Waals surface area contributed by atoms with Crippen LogP contribution in [0.15, 0.2) is 120 Å². The van der Waals surface area contributed by atoms with E-state index in [1.807, 2.05) is 83.9 Å². The van der Waals surface area contributed by atoms with Gasteiger partial charge in [0.25, 0.3) is 0 Å². The molecule has 4 aromatic carbocycles. The minimum Gasteiger partial charge on any atom is -0.508 e. The fraction of sp³-hybridized carbons (Fsp3) is 0.103. The van der Waals surface area contributed by atoms with Gasteiger partial charge in [-0.05, 0) is 41.0 Å². The number of phenols is 1. The van der Waals surface area contributed by atoms with E-state index in [0.717, 1.165) is 28.1 Å². The minimum atomic E-state index is -0.558. The zero-order valence-electron chi connectivity index (χ0n) is 18.6. The van der Waals surface area contributed by atoms with Gasteiger partial charge in [0.05, 0.1) is 17.3 Å². The summed E-state index contributed by atoms with van der Waals surface area (Å²) in [5, 5.41) is 19.5. The van der Waals surface area contributed by atoms with Crippen molar-refractivity contribution >= 4 is 17.3 Å². The lowest BCUT2D eigenvalue weighted by molar-refractivity contribution is -0.122. The predicted molar refractivity (Wildman–Crippen MR) is 135 cm³/mol. The number of para-hydroxylation sites is 1. The Morgan fingerprint density at radius 1 is 0.794 bits per heavy atom. The Balaban J connectivity index is 1.55. The second-order valence-corrected chi connectivity index (χ2v) is 8.25. The first-order valence-corrected chi connectivity index (χ1v) is 11.3. The Morgan fingerprint density at radius 2 is 1.38 bits per heavy atom. The van der Waals surface area contributed by atoms with Crippen molar-refractivity contribution in [3.05, 3.63) is 132 Å². The maximum atomic E-state index is 13.8. The lowest BCUT2D eigenvalue weighted by Gasteiger charge is -2.27. The van der Waals surface area contributed by atoms with Gasteiger partial charge in [0.15, 0.2) is 0 Å². The number of carbonyl (C=O) groups is 1. The Kier molecular flexibility index (Phi) is 6.08. The largest absolute Gasteiger partial charge is 0.508 e. The third kappa shape index (κ3) is 4.41. The van der Waals surface area contributed by atoms with Gasteiger partial charge in [0, 0.05) is 6.54 Å². The summed E-state index contributed by atoms with van der Waals surface area (Å²) < 4.78 is 0. The molecule has 5 heteroatoms. The molecule has 1 aliphatic heterocycles. The fourth-order valence-corrected chi connectivity index (χ4v) is 4.35. The molecule has 2 atom stereocenters. The van der Waals surface area contributed by atoms with Crippen molar-refractivity contribution in [3.8, 4) is 5.75 Å². The highest BCUT2D eigenvalue weighted by Crippen LogP contribution is 2.37. The molecule has 5 nitrogen and oxygen atoms in total. The van der Waals surface area contributed by atoms with Crippen LogP contribution in [0.3, 0.4) is 0 Å². The minimum absolute atomic E-state index is 0.111. The van der Waals surface area contributed by atoms with Gasteiger partial charge >= 0.3 is 0 Å². The van der Waals surface area contributed by atoms with Crippen LogP contribution >= 0.6 is 0 Å². The van der Waals surface area contributed by atoms with Crippen LogP contribution in [0.1, 0.15) is 22.6 Å². The summed E-state index contributed by atoms with van der Waals surface area (Å²) in [6.07, 6.45) is 0. The molecule has 1 aliphatic rings. The van der Waals surface area contributed by atoms with Crippen LogP contribution in [-0.4, -0.2) is 22.8 Å². The predicted octanol–water partition coefficient (Wildman–Crippen LogP) is 5.09. The number of benzene rings is 4. The topological polar surface area (TPSA) is 64.9 Å². The van der Waals surface area contributed by atoms with Crippen molar-refractivity contribution in [3.63, 3.8) is 0 Å². The van der Waals surface area contributed by atoms with Crippen LogP contribution in [0, 0.1) is 0 Å². The van der Waals surface area contributed by atoms with Gasteiger partial charge in [-0.2, -0.15) is 5.10 Å². The van der Waals surface area contributed by atoms with Gasteiger partial charge in [0.2, 0.25) is 5.91 Å². The van der Waals surface area contributed by atoms with Crippen molar-refractivity contribution in [1.29, 1.82) is 0 Å². The van der Waals surface area contributed by atoms with Crippen molar-refractivity contribution in [2.75, 3.05) is 5.01 Å². The molecule has 1 amide bonds. The summed E-state index contributed by atoms with van der Waals surface area (Å²) in [5.41, 5.74) is 4.66. The Labute approximate surface area is 199 Å². The van der Waals surface area contributed by atoms with E-state index in [-0.39, 0.29) is 17.6 Å². The smallest absolute Gasteiger partial charge is 0.246 e. The van der Waals surface area contributed by atoms with Crippen LogP contribution < -0.4 is 10.3 Å². The first kappa shape index (κ1) is 21.5. The lowest BCUT2D eigenvalue weighted by atomic mass is 9.84. The molecule has 0 aliphatic carbocycles. The Bertz CT molecular complexity index is 1270. The molecule has 0 saturated carbocycles. The van der Waals surface area contributed by atoms with Crippen LogP contribution in [-0.2, 0) is 11.3 Å². The molecule has 0 spiro atoms. The molecule has 0 bridgehead atoms. The van der Waals surface area contributed by atoms with Crippen molar-refractivity contribution in [2.24, 2.45) is 5.10 Å². The molecule has 0 saturated heterocycles. The van der Waals surface area contributed by atoms with Crippen molar-refractivity contribution < 1.29 is 9.90 Å². The van der Waals surface area contributed by atoms with E-state index in [1.54, 1.807) is 24.3 Å². The Hall–Kier alpha value is -4.38. The Morgan fingerprint density at radius 3 is 2.03 bits per heavy atom. The highest BCUT2D eigenvalue weighted by Gasteiger charge is 2.44. The zero-order chi connectivity index (χ0) is 23.3. The standard InChI is InChI=1S/C29H25N3O2/c33-25-18-16-21(17-19-25)20-30-29(34)28-26(22-10-4-1-5-11-22)27(23-12-6-2-7-13-23)31-32(28)24-14-8-3-9-15-24/h1-19,26,28,33H,20H2,(H,30,34)/t26-,28-/m1/s1. The van der Waals surface area contributed by atoms with Gasteiger partial charge in [-0.3, -0.25) is 9.80 Å². The van der Waals surface area contributed by atoms with Crippen molar-refractivity contribution in [1.82, 2.24) is 5.32 Å². The number of aromatic hydroxyl groups is 1. The number of nitrogens with zero attached hydrogens (tertiary/aromatic N) is 2. The maximum Gasteiger partial charge on any atom is 0.246 e. The number of hydrogen-bond donors (Lipinski definition) is 2. The third-order valence-corrected chi connectivity index (χ3v) is 6.01. The third-order valence-electron chi connectivity index (χ3n) is 6.01. The van der Waals surface area contributed by atoms with Crippen molar-refractivity contribution in [2.45, 2.75) is 18.5 Å². The summed E-state index contributed by atoms with van der Waals surface area (Å²) in [6, 6.07) is 36.2. The molecule has 168 valence electrons. The number of nitrogens with one attached hydrogen (secondary N) is 1. The van der Waals surface area contributed by atoms with Crippen LogP contribution in [0.25, 0.3) is 0 Å². The summed E-state index contributed by atoms with van der Waals surface area (Å²) in [7, 11) is 0. The average Bonchev–Trinajstić information content (AvgIpc) is 3.31. The summed E-state index contributed by atoms with van der Waals surface area (Å²) in [4.78, 5) is 13.8. The summed E-state index contributed by atoms with van der Waals surface area (Å²) in [6.45, 7) is 0.362. The SMILES string of the molecule is O=C(NCc1ccc(O)cc1)[C@H]1[C@H](c2ccccc2)C(c2ccccc2)=NN1c1ccccc1. The van der Waals surface area contributed by atoms with E-state index in [4.69, 9.17) is 5.10 Å². The normalized spacial score (nSPS) is 17.3. The van der Waals surface area contributed by atoms with Gasteiger partial charge in [-0.1, -0.05) is 91.0 Å². The molecular weight excluding hydrogens is 422 g/mol. The number of anilines is 1. The first-order valence-electron chi connectivity index (χ1n) is 11.3. The summed E-state index contributed by atoms with van der Waals surface area (Å²) >= 11 is 0. The first-order chi connectivity index (χ1) is 16.7. The number of rotatable bonds is 6. The number of carbonyl (C=O) groups excluding carboxylic acids is 1. The zero-order valence-corrected chi connectivity index (χ0v) is 18.6. The molecule has 0 aromatic heterocycles. The number of hydrazone groups is 1. The number of amides is 1. The quantitative estimate of drug-likeness (QED) is 0.433. The highest BCUT2D eigenvalue weighted by molar-refractivity contribution is 6.11. The molecule has 1 heterocycles.